The Hall–Kier alpha value is -1.36. The Morgan fingerprint density at radius 3 is 2.62 bits per heavy atom. The zero-order valence-electron chi connectivity index (χ0n) is 8.34. The third-order valence-corrected chi connectivity index (χ3v) is 2.23. The summed E-state index contributed by atoms with van der Waals surface area (Å²) < 4.78 is 28.3. The first-order valence-corrected chi connectivity index (χ1v) is 4.86. The van der Waals surface area contributed by atoms with Crippen molar-refractivity contribution in [2.45, 2.75) is 19.4 Å². The first-order chi connectivity index (χ1) is 7.45. The minimum absolute atomic E-state index is 0.107. The van der Waals surface area contributed by atoms with Crippen LogP contribution in [0.15, 0.2) is 12.1 Å². The number of hydrogen-bond acceptors (Lipinski definition) is 2. The van der Waals surface area contributed by atoms with Crippen molar-refractivity contribution in [3.8, 4) is 5.75 Å². The Morgan fingerprint density at radius 1 is 1.56 bits per heavy atom. The van der Waals surface area contributed by atoms with E-state index in [4.69, 9.17) is 16.7 Å². The summed E-state index contributed by atoms with van der Waals surface area (Å²) in [6.07, 6.45) is 0. The highest BCUT2D eigenvalue weighted by Gasteiger charge is 2.18. The van der Waals surface area contributed by atoms with Crippen LogP contribution in [0.25, 0.3) is 0 Å². The zero-order chi connectivity index (χ0) is 12.3. The number of hydrogen-bond donors (Lipinski definition) is 1. The number of carboxylic acids is 1. The molecular weight excluding hydrogens is 242 g/mol. The Labute approximate surface area is 95.6 Å². The molecule has 0 spiro atoms. The highest BCUT2D eigenvalue weighted by atomic mass is 35.5. The molecule has 0 saturated heterocycles. The van der Waals surface area contributed by atoms with Gasteiger partial charge in [0.05, 0.1) is 0 Å². The van der Waals surface area contributed by atoms with E-state index in [9.17, 15) is 13.6 Å². The van der Waals surface area contributed by atoms with Crippen molar-refractivity contribution in [1.29, 1.82) is 0 Å². The highest BCUT2D eigenvalue weighted by molar-refractivity contribution is 6.17. The van der Waals surface area contributed by atoms with Gasteiger partial charge in [0, 0.05) is 5.88 Å². The summed E-state index contributed by atoms with van der Waals surface area (Å²) in [4.78, 5) is 10.9. The van der Waals surface area contributed by atoms with Gasteiger partial charge in [0.15, 0.2) is 0 Å². The van der Waals surface area contributed by atoms with E-state index in [1.807, 2.05) is 0 Å². The van der Waals surface area contributed by atoms with Crippen LogP contribution in [0.1, 0.15) is 21.5 Å². The van der Waals surface area contributed by atoms with Gasteiger partial charge in [-0.1, -0.05) is 6.07 Å². The molecule has 1 rings (SSSR count). The molecule has 0 fully saturated rings. The predicted octanol–water partition coefficient (Wildman–Crippen LogP) is 3.03. The molecule has 1 aromatic carbocycles. The van der Waals surface area contributed by atoms with E-state index in [2.05, 4.69) is 4.74 Å². The van der Waals surface area contributed by atoms with Crippen LogP contribution in [0.5, 0.6) is 5.75 Å². The standard InChI is InChI=1S/C10H9ClF2O3/c1-5-2-6(4-11)3-7(9(14)15)8(5)16-10(12)13/h2-3,10H,4H2,1H3,(H,14,15). The zero-order valence-corrected chi connectivity index (χ0v) is 9.09. The van der Waals surface area contributed by atoms with Gasteiger partial charge < -0.3 is 9.84 Å². The van der Waals surface area contributed by atoms with Gasteiger partial charge in [0.2, 0.25) is 0 Å². The molecule has 0 aromatic heterocycles. The highest BCUT2D eigenvalue weighted by Crippen LogP contribution is 2.27. The molecule has 0 aliphatic carbocycles. The molecule has 0 bridgehead atoms. The SMILES string of the molecule is Cc1cc(CCl)cc(C(=O)O)c1OC(F)F. The average Bonchev–Trinajstić information content (AvgIpc) is 2.19. The number of halogens is 3. The second-order valence-corrected chi connectivity index (χ2v) is 3.37. The maximum Gasteiger partial charge on any atom is 0.387 e. The minimum atomic E-state index is -3.06. The van der Waals surface area contributed by atoms with Crippen molar-refractivity contribution < 1.29 is 23.4 Å². The molecule has 3 nitrogen and oxygen atoms in total. The molecule has 0 saturated carbocycles. The first-order valence-electron chi connectivity index (χ1n) is 4.33. The van der Waals surface area contributed by atoms with Crippen molar-refractivity contribution in [3.63, 3.8) is 0 Å². The molecule has 0 heterocycles. The summed E-state index contributed by atoms with van der Waals surface area (Å²) >= 11 is 5.55. The number of rotatable bonds is 4. The quantitative estimate of drug-likeness (QED) is 0.836. The molecule has 0 aliphatic rings. The molecule has 0 atom stereocenters. The summed E-state index contributed by atoms with van der Waals surface area (Å²) in [5, 5.41) is 8.85. The summed E-state index contributed by atoms with van der Waals surface area (Å²) in [5.74, 6) is -1.54. The van der Waals surface area contributed by atoms with Gasteiger partial charge in [-0.15, -0.1) is 11.6 Å². The number of carbonyl (C=O) groups is 1. The van der Waals surface area contributed by atoms with Gasteiger partial charge in [0.25, 0.3) is 0 Å². The van der Waals surface area contributed by atoms with Gasteiger partial charge in [0.1, 0.15) is 11.3 Å². The average molecular weight is 251 g/mol. The van der Waals surface area contributed by atoms with Crippen molar-refractivity contribution in [2.24, 2.45) is 0 Å². The molecule has 0 unspecified atom stereocenters. The van der Waals surface area contributed by atoms with E-state index in [1.54, 1.807) is 0 Å². The van der Waals surface area contributed by atoms with Crippen LogP contribution < -0.4 is 4.74 Å². The molecule has 1 N–H and O–H groups in total. The molecule has 88 valence electrons. The summed E-state index contributed by atoms with van der Waals surface area (Å²) in [5.41, 5.74) is 0.546. The number of alkyl halides is 3. The summed E-state index contributed by atoms with van der Waals surface area (Å²) in [7, 11) is 0. The number of ether oxygens (including phenoxy) is 1. The fraction of sp³-hybridized carbons (Fsp3) is 0.300. The third-order valence-electron chi connectivity index (χ3n) is 1.93. The van der Waals surface area contributed by atoms with E-state index in [0.29, 0.717) is 11.1 Å². The minimum Gasteiger partial charge on any atom is -0.478 e. The Bertz CT molecular complexity index is 407. The van der Waals surface area contributed by atoms with Crippen LogP contribution in [0.2, 0.25) is 0 Å². The lowest BCUT2D eigenvalue weighted by molar-refractivity contribution is -0.0507. The van der Waals surface area contributed by atoms with Crippen molar-refractivity contribution in [1.82, 2.24) is 0 Å². The summed E-state index contributed by atoms with van der Waals surface area (Å²) in [6, 6.07) is 2.73. The number of aromatic carboxylic acids is 1. The topological polar surface area (TPSA) is 46.5 Å². The Balaban J connectivity index is 3.28. The predicted molar refractivity (Wildman–Crippen MR) is 54.3 cm³/mol. The smallest absolute Gasteiger partial charge is 0.387 e. The van der Waals surface area contributed by atoms with Crippen LogP contribution in [0, 0.1) is 6.92 Å². The lowest BCUT2D eigenvalue weighted by Crippen LogP contribution is -2.09. The molecule has 0 aliphatic heterocycles. The number of carboxylic acid groups (broad SMARTS) is 1. The molecule has 6 heteroatoms. The second-order valence-electron chi connectivity index (χ2n) is 3.11. The van der Waals surface area contributed by atoms with Crippen LogP contribution in [-0.4, -0.2) is 17.7 Å². The lowest BCUT2D eigenvalue weighted by Gasteiger charge is -2.12. The molecule has 1 aromatic rings. The Kier molecular flexibility index (Phi) is 4.06. The van der Waals surface area contributed by atoms with E-state index >= 15 is 0 Å². The molecule has 0 radical (unpaired) electrons. The monoisotopic (exact) mass is 250 g/mol. The van der Waals surface area contributed by atoms with E-state index in [-0.39, 0.29) is 17.2 Å². The van der Waals surface area contributed by atoms with Gasteiger partial charge in [-0.3, -0.25) is 0 Å². The maximum atomic E-state index is 12.1. The first kappa shape index (κ1) is 12.7. The molecule has 16 heavy (non-hydrogen) atoms. The fourth-order valence-corrected chi connectivity index (χ4v) is 1.48. The molecular formula is C10H9ClF2O3. The maximum absolute atomic E-state index is 12.1. The fourth-order valence-electron chi connectivity index (χ4n) is 1.33. The molecule has 0 amide bonds. The third kappa shape index (κ3) is 2.82. The van der Waals surface area contributed by atoms with Crippen LogP contribution in [0.3, 0.4) is 0 Å². The van der Waals surface area contributed by atoms with Crippen molar-refractivity contribution in [2.75, 3.05) is 0 Å². The normalized spacial score (nSPS) is 10.6. The van der Waals surface area contributed by atoms with Crippen LogP contribution >= 0.6 is 11.6 Å². The van der Waals surface area contributed by atoms with Crippen LogP contribution in [-0.2, 0) is 5.88 Å². The van der Waals surface area contributed by atoms with Crippen molar-refractivity contribution in [3.05, 3.63) is 28.8 Å². The van der Waals surface area contributed by atoms with Gasteiger partial charge in [-0.25, -0.2) is 4.79 Å². The largest absolute Gasteiger partial charge is 0.478 e. The number of benzene rings is 1. The van der Waals surface area contributed by atoms with Crippen LogP contribution in [0.4, 0.5) is 8.78 Å². The lowest BCUT2D eigenvalue weighted by atomic mass is 10.1. The second kappa shape index (κ2) is 5.12. The van der Waals surface area contributed by atoms with E-state index in [0.717, 1.165) is 0 Å². The van der Waals surface area contributed by atoms with Gasteiger partial charge >= 0.3 is 12.6 Å². The van der Waals surface area contributed by atoms with E-state index < -0.39 is 12.6 Å². The van der Waals surface area contributed by atoms with E-state index in [1.165, 1.54) is 19.1 Å². The van der Waals surface area contributed by atoms with Gasteiger partial charge in [-0.2, -0.15) is 8.78 Å². The van der Waals surface area contributed by atoms with Gasteiger partial charge in [-0.05, 0) is 24.1 Å². The van der Waals surface area contributed by atoms with Crippen molar-refractivity contribution >= 4 is 17.6 Å². The number of aryl methyl sites for hydroxylation is 1. The Morgan fingerprint density at radius 2 is 2.19 bits per heavy atom. The summed E-state index contributed by atoms with van der Waals surface area (Å²) in [6.45, 7) is -1.57.